The normalized spacial score (nSPS) is 11.5. The fraction of sp³-hybridized carbons (Fsp3) is 0.0455. The molecule has 0 saturated carbocycles. The first-order chi connectivity index (χ1) is 15.1. The number of carbonyl (C=O) groups excluding carboxylic acids is 1. The second kappa shape index (κ2) is 8.18. The van der Waals surface area contributed by atoms with Gasteiger partial charge in [0.05, 0.1) is 16.3 Å². The minimum atomic E-state index is -4.04. The number of nitrogens with one attached hydrogen (secondary N) is 2. The van der Waals surface area contributed by atoms with Crippen LogP contribution >= 0.6 is 11.6 Å². The van der Waals surface area contributed by atoms with E-state index in [4.69, 9.17) is 16.0 Å². The molecule has 0 bridgehead atoms. The molecule has 0 unspecified atom stereocenters. The summed E-state index contributed by atoms with van der Waals surface area (Å²) in [6, 6.07) is 13.5. The van der Waals surface area contributed by atoms with Crippen LogP contribution in [0.15, 0.2) is 70.0 Å². The fourth-order valence-electron chi connectivity index (χ4n) is 3.14. The maximum absolute atomic E-state index is 13.5. The van der Waals surface area contributed by atoms with Gasteiger partial charge in [-0.15, -0.1) is 0 Å². The monoisotopic (exact) mass is 474 g/mol. The Hall–Kier alpha value is -3.56. The highest BCUT2D eigenvalue weighted by Gasteiger charge is 2.21. The van der Waals surface area contributed by atoms with E-state index in [0.717, 1.165) is 12.1 Å². The van der Waals surface area contributed by atoms with Crippen molar-refractivity contribution < 1.29 is 27.1 Å². The highest BCUT2D eigenvalue weighted by Crippen LogP contribution is 2.30. The maximum atomic E-state index is 13.5. The number of phenolic OH excluding ortho intramolecular Hbond substituents is 1. The molecule has 0 radical (unpaired) electrons. The molecule has 4 rings (SSSR count). The standard InChI is InChI=1S/C22H16ClFN2O5S/c1-12-17-10-14(24)5-8-20(17)31-21(12)22(28)25-18-11-16(6-7-19(18)27)32(29,30)26-15-4-2-3-13(23)9-15/h2-11,26-27H,1H3,(H,25,28). The molecule has 7 nitrogen and oxygen atoms in total. The Bertz CT molecular complexity index is 1470. The Kier molecular flexibility index (Phi) is 5.53. The Morgan fingerprint density at radius 2 is 1.88 bits per heavy atom. The number of amides is 1. The number of furan rings is 1. The molecule has 1 heterocycles. The lowest BCUT2D eigenvalue weighted by Crippen LogP contribution is -2.15. The van der Waals surface area contributed by atoms with Crippen LogP contribution in [0.3, 0.4) is 0 Å². The molecule has 1 amide bonds. The molecule has 3 N–H and O–H groups in total. The molecular formula is C22H16ClFN2O5S. The molecular weight excluding hydrogens is 459 g/mol. The van der Waals surface area contributed by atoms with Crippen molar-refractivity contribution in [3.8, 4) is 5.75 Å². The summed E-state index contributed by atoms with van der Waals surface area (Å²) in [6.45, 7) is 1.59. The van der Waals surface area contributed by atoms with E-state index in [9.17, 15) is 22.7 Å². The summed E-state index contributed by atoms with van der Waals surface area (Å²) in [6.07, 6.45) is 0. The van der Waals surface area contributed by atoms with Gasteiger partial charge in [0, 0.05) is 16.0 Å². The molecule has 1 aromatic heterocycles. The molecule has 0 aliphatic rings. The van der Waals surface area contributed by atoms with Crippen molar-refractivity contribution in [2.75, 3.05) is 10.0 Å². The van der Waals surface area contributed by atoms with Crippen LogP contribution in [0, 0.1) is 12.7 Å². The minimum Gasteiger partial charge on any atom is -0.506 e. The number of benzene rings is 3. The van der Waals surface area contributed by atoms with Crippen molar-refractivity contribution in [3.05, 3.63) is 82.8 Å². The highest BCUT2D eigenvalue weighted by molar-refractivity contribution is 7.92. The zero-order chi connectivity index (χ0) is 23.0. The molecule has 0 aliphatic heterocycles. The predicted octanol–water partition coefficient (Wildman–Crippen LogP) is 5.29. The second-order valence-electron chi connectivity index (χ2n) is 6.95. The van der Waals surface area contributed by atoms with E-state index in [1.54, 1.807) is 19.1 Å². The Balaban J connectivity index is 1.63. The van der Waals surface area contributed by atoms with E-state index < -0.39 is 21.7 Å². The molecule has 0 atom stereocenters. The number of carbonyl (C=O) groups is 1. The fourth-order valence-corrected chi connectivity index (χ4v) is 4.40. The van der Waals surface area contributed by atoms with E-state index in [1.807, 2.05) is 0 Å². The van der Waals surface area contributed by atoms with Crippen molar-refractivity contribution in [1.29, 1.82) is 0 Å². The van der Waals surface area contributed by atoms with Gasteiger partial charge in [0.1, 0.15) is 17.1 Å². The van der Waals surface area contributed by atoms with Crippen LogP contribution in [0.2, 0.25) is 5.02 Å². The first kappa shape index (κ1) is 21.7. The summed E-state index contributed by atoms with van der Waals surface area (Å²) in [4.78, 5) is 12.5. The van der Waals surface area contributed by atoms with Gasteiger partial charge in [-0.3, -0.25) is 9.52 Å². The average Bonchev–Trinajstić information content (AvgIpc) is 3.05. The maximum Gasteiger partial charge on any atom is 0.291 e. The van der Waals surface area contributed by atoms with Crippen LogP contribution in [0.5, 0.6) is 5.75 Å². The van der Waals surface area contributed by atoms with Gasteiger partial charge in [0.25, 0.3) is 15.9 Å². The topological polar surface area (TPSA) is 109 Å². The van der Waals surface area contributed by atoms with E-state index >= 15 is 0 Å². The van der Waals surface area contributed by atoms with Gasteiger partial charge in [-0.2, -0.15) is 0 Å². The molecule has 0 saturated heterocycles. The van der Waals surface area contributed by atoms with Crippen LogP contribution in [0.25, 0.3) is 11.0 Å². The van der Waals surface area contributed by atoms with E-state index in [-0.39, 0.29) is 27.8 Å². The van der Waals surface area contributed by atoms with Gasteiger partial charge < -0.3 is 14.8 Å². The van der Waals surface area contributed by atoms with Gasteiger partial charge in [0.2, 0.25) is 0 Å². The number of aryl methyl sites for hydroxylation is 1. The molecule has 0 spiro atoms. The summed E-state index contributed by atoms with van der Waals surface area (Å²) < 4.78 is 46.9. The molecule has 164 valence electrons. The molecule has 0 fully saturated rings. The molecule has 0 aliphatic carbocycles. The quantitative estimate of drug-likeness (QED) is 0.340. The van der Waals surface area contributed by atoms with Crippen molar-refractivity contribution in [2.45, 2.75) is 11.8 Å². The van der Waals surface area contributed by atoms with Crippen molar-refractivity contribution in [2.24, 2.45) is 0 Å². The average molecular weight is 475 g/mol. The zero-order valence-corrected chi connectivity index (χ0v) is 18.1. The van der Waals surface area contributed by atoms with Crippen LogP contribution < -0.4 is 10.0 Å². The summed E-state index contributed by atoms with van der Waals surface area (Å²) >= 11 is 5.89. The number of anilines is 2. The summed E-state index contributed by atoms with van der Waals surface area (Å²) in [5.74, 6) is -1.64. The lowest BCUT2D eigenvalue weighted by Gasteiger charge is -2.11. The van der Waals surface area contributed by atoms with Crippen molar-refractivity contribution in [3.63, 3.8) is 0 Å². The van der Waals surface area contributed by atoms with Crippen LogP contribution in [0.1, 0.15) is 16.1 Å². The second-order valence-corrected chi connectivity index (χ2v) is 9.06. The lowest BCUT2D eigenvalue weighted by molar-refractivity contribution is 0.0997. The number of sulfonamides is 1. The van der Waals surface area contributed by atoms with Gasteiger partial charge in [-0.05, 0) is 61.5 Å². The number of phenols is 1. The summed E-state index contributed by atoms with van der Waals surface area (Å²) in [5, 5.41) is 13.4. The smallest absolute Gasteiger partial charge is 0.291 e. The van der Waals surface area contributed by atoms with Crippen molar-refractivity contribution >= 4 is 49.9 Å². The number of rotatable bonds is 5. The predicted molar refractivity (Wildman–Crippen MR) is 119 cm³/mol. The largest absolute Gasteiger partial charge is 0.506 e. The van der Waals surface area contributed by atoms with E-state index in [0.29, 0.717) is 21.6 Å². The minimum absolute atomic E-state index is 0.0877. The van der Waals surface area contributed by atoms with Crippen LogP contribution in [0.4, 0.5) is 15.8 Å². The summed E-state index contributed by atoms with van der Waals surface area (Å²) in [7, 11) is -4.04. The van der Waals surface area contributed by atoms with Crippen LogP contribution in [-0.2, 0) is 10.0 Å². The Morgan fingerprint density at radius 3 is 2.62 bits per heavy atom. The summed E-state index contributed by atoms with van der Waals surface area (Å²) in [5.41, 5.74) is 0.833. The zero-order valence-electron chi connectivity index (χ0n) is 16.5. The lowest BCUT2D eigenvalue weighted by atomic mass is 10.1. The highest BCUT2D eigenvalue weighted by atomic mass is 35.5. The third-order valence-electron chi connectivity index (χ3n) is 4.71. The molecule has 10 heteroatoms. The van der Waals surface area contributed by atoms with Gasteiger partial charge in [-0.1, -0.05) is 17.7 Å². The van der Waals surface area contributed by atoms with Gasteiger partial charge in [0.15, 0.2) is 5.76 Å². The Labute approximate surface area is 187 Å². The first-order valence-electron chi connectivity index (χ1n) is 9.25. The van der Waals surface area contributed by atoms with Gasteiger partial charge >= 0.3 is 0 Å². The number of halogens is 2. The van der Waals surface area contributed by atoms with E-state index in [2.05, 4.69) is 10.0 Å². The number of aromatic hydroxyl groups is 1. The third-order valence-corrected chi connectivity index (χ3v) is 6.32. The number of hydrogen-bond acceptors (Lipinski definition) is 5. The first-order valence-corrected chi connectivity index (χ1v) is 11.1. The molecule has 32 heavy (non-hydrogen) atoms. The molecule has 4 aromatic rings. The third kappa shape index (κ3) is 4.25. The number of hydrogen-bond donors (Lipinski definition) is 3. The SMILES string of the molecule is Cc1c(C(=O)Nc2cc(S(=O)(=O)Nc3cccc(Cl)c3)ccc2O)oc2ccc(F)cc12. The van der Waals surface area contributed by atoms with E-state index in [1.165, 1.54) is 36.4 Å². The Morgan fingerprint density at radius 1 is 1.09 bits per heavy atom. The van der Waals surface area contributed by atoms with Crippen molar-refractivity contribution in [1.82, 2.24) is 0 Å². The van der Waals surface area contributed by atoms with Gasteiger partial charge in [-0.25, -0.2) is 12.8 Å². The molecule has 3 aromatic carbocycles. The number of fused-ring (bicyclic) bond motifs is 1. The van der Waals surface area contributed by atoms with Crippen LogP contribution in [-0.4, -0.2) is 19.4 Å².